The van der Waals surface area contributed by atoms with Crippen LogP contribution >= 0.6 is 0 Å². The van der Waals surface area contributed by atoms with Gasteiger partial charge in [-0.25, -0.2) is 8.42 Å². The molecule has 0 aromatic carbocycles. The normalized spacial score (nSPS) is 37.2. The Morgan fingerprint density at radius 1 is 1.41 bits per heavy atom. The molecule has 2 saturated heterocycles. The number of sulfonamides is 1. The molecule has 0 bridgehead atoms. The molecule has 3 heterocycles. The zero-order valence-electron chi connectivity index (χ0n) is 14.9. The van der Waals surface area contributed by atoms with E-state index in [1.807, 2.05) is 0 Å². The van der Waals surface area contributed by atoms with Crippen LogP contribution in [0, 0.1) is 5.92 Å². The number of azide groups is 1. The van der Waals surface area contributed by atoms with Crippen molar-refractivity contribution in [3.8, 4) is 0 Å². The number of nitrogens with zero attached hydrogens (tertiary/aromatic N) is 5. The molecule has 0 aromatic heterocycles. The summed E-state index contributed by atoms with van der Waals surface area (Å²) in [7, 11) is -2.10. The largest absolute Gasteiger partial charge is 0.395 e. The molecular weight excluding hydrogens is 376 g/mol. The molecular formula is C15H18N6O5S. The molecule has 144 valence electrons. The first-order valence-corrected chi connectivity index (χ1v) is 10.1. The molecule has 27 heavy (non-hydrogen) atoms. The van der Waals surface area contributed by atoms with E-state index >= 15 is 0 Å². The van der Waals surface area contributed by atoms with Crippen molar-refractivity contribution in [3.05, 3.63) is 33.0 Å². The third-order valence-corrected chi connectivity index (χ3v) is 7.21. The Morgan fingerprint density at radius 3 is 2.63 bits per heavy atom. The van der Waals surface area contributed by atoms with Crippen molar-refractivity contribution in [1.82, 2.24) is 9.21 Å². The fourth-order valence-electron chi connectivity index (χ4n) is 4.85. The van der Waals surface area contributed by atoms with E-state index in [0.29, 0.717) is 0 Å². The highest BCUT2D eigenvalue weighted by Gasteiger charge is 2.78. The predicted octanol–water partition coefficient (Wildman–Crippen LogP) is -0.764. The highest BCUT2D eigenvalue weighted by atomic mass is 32.2. The number of hydrogen-bond donors (Lipinski definition) is 1. The number of rotatable bonds is 4. The summed E-state index contributed by atoms with van der Waals surface area (Å²) < 4.78 is 31.3. The first kappa shape index (κ1) is 18.0. The number of allylic oxidation sites excluding steroid dienone is 2. The number of piperazine rings is 1. The lowest BCUT2D eigenvalue weighted by molar-refractivity contribution is -0.134. The molecule has 0 saturated carbocycles. The average molecular weight is 394 g/mol. The zero-order chi connectivity index (χ0) is 19.9. The van der Waals surface area contributed by atoms with Gasteiger partial charge in [0.15, 0.2) is 5.72 Å². The van der Waals surface area contributed by atoms with Gasteiger partial charge in [0.25, 0.3) is 0 Å². The van der Waals surface area contributed by atoms with Crippen LogP contribution in [0.2, 0.25) is 0 Å². The Labute approximate surface area is 155 Å². The summed E-state index contributed by atoms with van der Waals surface area (Å²) in [4.78, 5) is 30.2. The minimum absolute atomic E-state index is 0.135. The topological polar surface area (TPSA) is 159 Å². The van der Waals surface area contributed by atoms with Crippen LogP contribution in [0.1, 0.15) is 6.92 Å². The van der Waals surface area contributed by atoms with Crippen LogP contribution in [0.15, 0.2) is 27.7 Å². The van der Waals surface area contributed by atoms with E-state index in [1.54, 1.807) is 4.90 Å². The van der Waals surface area contributed by atoms with Gasteiger partial charge in [0, 0.05) is 42.2 Å². The smallest absolute Gasteiger partial charge is 0.212 e. The Kier molecular flexibility index (Phi) is 3.54. The third kappa shape index (κ3) is 1.98. The highest BCUT2D eigenvalue weighted by Crippen LogP contribution is 2.60. The Morgan fingerprint density at radius 2 is 2.07 bits per heavy atom. The number of carbonyl (C=O) groups excluding carboxylic acids is 2. The number of ketones is 2. The molecule has 0 aromatic rings. The molecule has 5 atom stereocenters. The van der Waals surface area contributed by atoms with E-state index in [4.69, 9.17) is 16.0 Å². The fourth-order valence-corrected chi connectivity index (χ4v) is 6.18. The van der Waals surface area contributed by atoms with Gasteiger partial charge in [-0.1, -0.05) is 5.11 Å². The van der Waals surface area contributed by atoms with Crippen molar-refractivity contribution in [3.63, 3.8) is 0 Å². The second-order valence-corrected chi connectivity index (χ2v) is 8.98. The molecule has 12 heteroatoms. The number of ether oxygens (including phenoxy) is 1. The third-order valence-electron chi connectivity index (χ3n) is 5.95. The predicted molar refractivity (Wildman–Crippen MR) is 92.1 cm³/mol. The Balaban J connectivity index is 1.90. The van der Waals surface area contributed by atoms with Gasteiger partial charge in [-0.2, -0.15) is 4.31 Å². The van der Waals surface area contributed by atoms with Gasteiger partial charge in [0.1, 0.15) is 0 Å². The number of nitrogens with two attached hydrogens (primary N) is 1. The summed E-state index contributed by atoms with van der Waals surface area (Å²) in [6, 6.07) is -0.946. The molecule has 0 radical (unpaired) electrons. The van der Waals surface area contributed by atoms with E-state index < -0.39 is 33.5 Å². The Hall–Kier alpha value is -2.40. The summed E-state index contributed by atoms with van der Waals surface area (Å²) in [6.45, 7) is 1.53. The highest BCUT2D eigenvalue weighted by molar-refractivity contribution is 7.88. The number of fused-ring (bicyclic) bond motifs is 4. The van der Waals surface area contributed by atoms with Crippen molar-refractivity contribution >= 4 is 21.6 Å². The fraction of sp³-hybridized carbons (Fsp3) is 0.600. The molecule has 0 amide bonds. The van der Waals surface area contributed by atoms with E-state index in [0.717, 1.165) is 6.26 Å². The van der Waals surface area contributed by atoms with Crippen LogP contribution in [-0.4, -0.2) is 73.5 Å². The molecule has 1 aliphatic carbocycles. The van der Waals surface area contributed by atoms with Gasteiger partial charge in [-0.05, 0) is 12.5 Å². The SMILES string of the molecule is CO[C@@]12[C@H](CN=[N+]=[N-])C3=C(C(=O)C(C)=C(N)C3=O)N1C[C@H]1[C@@H]2N1S(C)(=O)=O. The molecule has 4 rings (SSSR count). The summed E-state index contributed by atoms with van der Waals surface area (Å²) in [5.41, 5.74) is 13.6. The van der Waals surface area contributed by atoms with Crippen LogP contribution in [-0.2, 0) is 24.3 Å². The van der Waals surface area contributed by atoms with Gasteiger partial charge >= 0.3 is 0 Å². The molecule has 11 nitrogen and oxygen atoms in total. The van der Waals surface area contributed by atoms with Crippen LogP contribution in [0.25, 0.3) is 10.4 Å². The quantitative estimate of drug-likeness (QED) is 0.216. The van der Waals surface area contributed by atoms with Crippen LogP contribution in [0.5, 0.6) is 0 Å². The van der Waals surface area contributed by atoms with Crippen molar-refractivity contribution in [2.24, 2.45) is 16.8 Å². The lowest BCUT2D eigenvalue weighted by Crippen LogP contribution is -2.55. The van der Waals surface area contributed by atoms with Crippen molar-refractivity contribution < 1.29 is 22.7 Å². The molecule has 2 fully saturated rings. The second kappa shape index (κ2) is 5.32. The second-order valence-electron chi connectivity index (χ2n) is 7.10. The lowest BCUT2D eigenvalue weighted by Gasteiger charge is -2.40. The first-order chi connectivity index (χ1) is 12.6. The summed E-state index contributed by atoms with van der Waals surface area (Å²) in [5.74, 6) is -1.70. The molecule has 3 aliphatic heterocycles. The molecule has 0 spiro atoms. The average Bonchev–Trinajstić information content (AvgIpc) is 3.15. The van der Waals surface area contributed by atoms with Gasteiger partial charge in [-0.15, -0.1) is 0 Å². The van der Waals surface area contributed by atoms with Crippen LogP contribution < -0.4 is 5.73 Å². The van der Waals surface area contributed by atoms with Gasteiger partial charge in [0.05, 0.1) is 29.7 Å². The summed E-state index contributed by atoms with van der Waals surface area (Å²) in [5, 5.41) is 3.59. The van der Waals surface area contributed by atoms with Crippen LogP contribution in [0.4, 0.5) is 0 Å². The van der Waals surface area contributed by atoms with Crippen LogP contribution in [0.3, 0.4) is 0 Å². The maximum atomic E-state index is 12.9. The number of methoxy groups -OCH3 is 1. The first-order valence-electron chi connectivity index (χ1n) is 8.25. The van der Waals surface area contributed by atoms with Crippen molar-refractivity contribution in [2.45, 2.75) is 24.7 Å². The van der Waals surface area contributed by atoms with E-state index in [2.05, 4.69) is 10.0 Å². The van der Waals surface area contributed by atoms with Gasteiger partial charge < -0.3 is 15.4 Å². The van der Waals surface area contributed by atoms with E-state index in [9.17, 15) is 18.0 Å². The maximum Gasteiger partial charge on any atom is 0.212 e. The van der Waals surface area contributed by atoms with Gasteiger partial charge in [-0.3, -0.25) is 9.59 Å². The Bertz CT molecular complexity index is 1010. The van der Waals surface area contributed by atoms with E-state index in [1.165, 1.54) is 18.3 Å². The van der Waals surface area contributed by atoms with Crippen molar-refractivity contribution in [2.75, 3.05) is 26.5 Å². The van der Waals surface area contributed by atoms with Crippen molar-refractivity contribution in [1.29, 1.82) is 0 Å². The number of Topliss-reactive ketones (excluding diaryl/α,β-unsaturated/α-hetero) is 2. The maximum absolute atomic E-state index is 12.9. The number of hydrogen-bond acceptors (Lipinski definition) is 8. The minimum atomic E-state index is -3.50. The standard InChI is InChI=1S/C15H18N6O5S/c1-6-10(16)13(23)9-7(4-18-19-17)15(26-2)14-8(21(14)27(3,24)25)5-20(15)11(9)12(6)22/h7-8,14H,4-5,16H2,1-3H3/t7-,8+,14+,15-,21?/m1/s1. The summed E-state index contributed by atoms with van der Waals surface area (Å²) >= 11 is 0. The summed E-state index contributed by atoms with van der Waals surface area (Å²) in [6.07, 6.45) is 1.10. The molecule has 2 N–H and O–H groups in total. The minimum Gasteiger partial charge on any atom is -0.395 e. The number of carbonyl (C=O) groups is 2. The zero-order valence-corrected chi connectivity index (χ0v) is 15.7. The van der Waals surface area contributed by atoms with E-state index in [-0.39, 0.29) is 47.5 Å². The lowest BCUT2D eigenvalue weighted by atomic mass is 9.82. The van der Waals surface area contributed by atoms with Gasteiger partial charge in [0.2, 0.25) is 21.6 Å². The molecule has 1 unspecified atom stereocenters. The monoisotopic (exact) mass is 394 g/mol. The molecule has 4 aliphatic rings.